The Kier molecular flexibility index (Phi) is 5.04. The first-order valence-corrected chi connectivity index (χ1v) is 10.2. The van der Waals surface area contributed by atoms with Gasteiger partial charge in [-0.25, -0.2) is 12.8 Å². The van der Waals surface area contributed by atoms with Crippen molar-refractivity contribution in [3.05, 3.63) is 60.2 Å². The molecule has 156 valence electrons. The zero-order valence-electron chi connectivity index (χ0n) is 16.0. The van der Waals surface area contributed by atoms with Crippen molar-refractivity contribution in [1.29, 1.82) is 0 Å². The van der Waals surface area contributed by atoms with E-state index in [9.17, 15) is 12.8 Å². The van der Waals surface area contributed by atoms with Gasteiger partial charge in [0.25, 0.3) is 10.0 Å². The van der Waals surface area contributed by atoms with Gasteiger partial charge in [0.15, 0.2) is 16.3 Å². The summed E-state index contributed by atoms with van der Waals surface area (Å²) in [6, 6.07) is 8.95. The third-order valence-corrected chi connectivity index (χ3v) is 5.77. The van der Waals surface area contributed by atoms with E-state index in [0.717, 1.165) is 11.6 Å². The van der Waals surface area contributed by atoms with Gasteiger partial charge in [0.05, 0.1) is 20.8 Å². The lowest BCUT2D eigenvalue weighted by molar-refractivity contribution is 0.395. The molecule has 0 aliphatic heterocycles. The van der Waals surface area contributed by atoms with Crippen LogP contribution in [0, 0.1) is 5.82 Å². The fourth-order valence-corrected chi connectivity index (χ4v) is 4.32. The highest BCUT2D eigenvalue weighted by Gasteiger charge is 2.27. The van der Waals surface area contributed by atoms with Crippen molar-refractivity contribution in [2.75, 3.05) is 18.9 Å². The Bertz CT molecular complexity index is 1300. The van der Waals surface area contributed by atoms with Gasteiger partial charge in [0.1, 0.15) is 22.7 Å². The second kappa shape index (κ2) is 7.67. The predicted octanol–water partition coefficient (Wildman–Crippen LogP) is 3.03. The predicted molar refractivity (Wildman–Crippen MR) is 106 cm³/mol. The lowest BCUT2D eigenvalue weighted by Gasteiger charge is -2.11. The molecule has 30 heavy (non-hydrogen) atoms. The Balaban J connectivity index is 1.75. The number of hydrogen-bond acceptors (Lipinski definition) is 7. The molecule has 11 heteroatoms. The maximum absolute atomic E-state index is 14.3. The largest absolute Gasteiger partial charge is 0.496 e. The van der Waals surface area contributed by atoms with Crippen LogP contribution in [0.5, 0.6) is 11.5 Å². The Morgan fingerprint density at radius 2 is 1.97 bits per heavy atom. The molecule has 0 aliphatic rings. The lowest BCUT2D eigenvalue weighted by atomic mass is 10.1. The number of nitrogens with zero attached hydrogens (tertiary/aromatic N) is 3. The zero-order chi connectivity index (χ0) is 21.3. The lowest BCUT2D eigenvalue weighted by Crippen LogP contribution is -2.16. The van der Waals surface area contributed by atoms with Gasteiger partial charge in [-0.1, -0.05) is 11.2 Å². The van der Waals surface area contributed by atoms with Crippen LogP contribution in [0.3, 0.4) is 0 Å². The van der Waals surface area contributed by atoms with Crippen molar-refractivity contribution < 1.29 is 26.8 Å². The molecule has 2 aromatic heterocycles. The third kappa shape index (κ3) is 3.54. The van der Waals surface area contributed by atoms with E-state index in [0.29, 0.717) is 23.3 Å². The topological polar surface area (TPSA) is 108 Å². The summed E-state index contributed by atoms with van der Waals surface area (Å²) in [5.41, 5.74) is 1.11. The molecule has 0 unspecified atom stereocenters. The summed E-state index contributed by atoms with van der Waals surface area (Å²) in [6.07, 6.45) is 3.46. The highest BCUT2D eigenvalue weighted by Crippen LogP contribution is 2.36. The van der Waals surface area contributed by atoms with Crippen LogP contribution in [0.1, 0.15) is 5.56 Å². The van der Waals surface area contributed by atoms with Gasteiger partial charge in [0, 0.05) is 12.4 Å². The first kappa shape index (κ1) is 19.7. The van der Waals surface area contributed by atoms with Crippen LogP contribution in [0.25, 0.3) is 11.0 Å². The number of aromatic nitrogens is 3. The molecule has 0 radical (unpaired) electrons. The first-order valence-electron chi connectivity index (χ1n) is 8.72. The SMILES string of the molecule is COc1cccc(F)c1S(=O)(=O)Nc1noc2cc(Cn3cccn3)cc(OC)c12. The van der Waals surface area contributed by atoms with Crippen LogP contribution in [-0.2, 0) is 16.6 Å². The monoisotopic (exact) mass is 432 g/mol. The molecular formula is C19H17FN4O5S. The summed E-state index contributed by atoms with van der Waals surface area (Å²) >= 11 is 0. The number of ether oxygens (including phenoxy) is 2. The molecule has 0 atom stereocenters. The van der Waals surface area contributed by atoms with E-state index in [1.807, 2.05) is 0 Å². The minimum Gasteiger partial charge on any atom is -0.496 e. The Morgan fingerprint density at radius 3 is 2.67 bits per heavy atom. The van der Waals surface area contributed by atoms with Crippen LogP contribution in [-0.4, -0.2) is 37.6 Å². The number of hydrogen-bond donors (Lipinski definition) is 1. The fraction of sp³-hybridized carbons (Fsp3) is 0.158. The van der Waals surface area contributed by atoms with Crippen LogP contribution < -0.4 is 14.2 Å². The smallest absolute Gasteiger partial charge is 0.269 e. The van der Waals surface area contributed by atoms with Gasteiger partial charge >= 0.3 is 0 Å². The molecule has 0 saturated heterocycles. The number of halogens is 1. The number of rotatable bonds is 7. The molecule has 4 rings (SSSR count). The van der Waals surface area contributed by atoms with E-state index >= 15 is 0 Å². The van der Waals surface area contributed by atoms with E-state index in [4.69, 9.17) is 14.0 Å². The van der Waals surface area contributed by atoms with E-state index in [1.165, 1.54) is 26.4 Å². The molecule has 9 nitrogen and oxygen atoms in total. The van der Waals surface area contributed by atoms with Gasteiger partial charge in [-0.3, -0.25) is 9.40 Å². The number of sulfonamides is 1. The number of benzene rings is 2. The second-order valence-corrected chi connectivity index (χ2v) is 7.90. The van der Waals surface area contributed by atoms with Crippen LogP contribution >= 0.6 is 0 Å². The van der Waals surface area contributed by atoms with Crippen LogP contribution in [0.15, 0.2) is 58.2 Å². The number of fused-ring (bicyclic) bond motifs is 1. The van der Waals surface area contributed by atoms with Crippen LogP contribution in [0.2, 0.25) is 0 Å². The van der Waals surface area contributed by atoms with Crippen LogP contribution in [0.4, 0.5) is 10.2 Å². The molecule has 2 aromatic carbocycles. The van der Waals surface area contributed by atoms with E-state index in [-0.39, 0.29) is 11.6 Å². The Morgan fingerprint density at radius 1 is 1.17 bits per heavy atom. The maximum Gasteiger partial charge on any atom is 0.269 e. The van der Waals surface area contributed by atoms with Crippen molar-refractivity contribution in [2.45, 2.75) is 11.4 Å². The molecular weight excluding hydrogens is 415 g/mol. The van der Waals surface area contributed by atoms with E-state index in [1.54, 1.807) is 35.3 Å². The molecule has 1 N–H and O–H groups in total. The van der Waals surface area contributed by atoms with Crippen molar-refractivity contribution in [3.8, 4) is 11.5 Å². The molecule has 2 heterocycles. The first-order chi connectivity index (χ1) is 14.4. The molecule has 0 aliphatic carbocycles. The summed E-state index contributed by atoms with van der Waals surface area (Å²) < 4.78 is 59.7. The molecule has 0 amide bonds. The molecule has 0 bridgehead atoms. The normalized spacial score (nSPS) is 11.6. The molecule has 4 aromatic rings. The molecule has 0 saturated carbocycles. The summed E-state index contributed by atoms with van der Waals surface area (Å²) in [5.74, 6) is -0.876. The van der Waals surface area contributed by atoms with Crippen molar-refractivity contribution >= 4 is 26.8 Å². The van der Waals surface area contributed by atoms with E-state index in [2.05, 4.69) is 15.0 Å². The highest BCUT2D eigenvalue weighted by molar-refractivity contribution is 7.92. The summed E-state index contributed by atoms with van der Waals surface area (Å²) in [6.45, 7) is 0.452. The summed E-state index contributed by atoms with van der Waals surface area (Å²) in [5, 5.41) is 8.26. The second-order valence-electron chi connectivity index (χ2n) is 6.28. The van der Waals surface area contributed by atoms with Crippen molar-refractivity contribution in [1.82, 2.24) is 14.9 Å². The van der Waals surface area contributed by atoms with Gasteiger partial charge in [-0.05, 0) is 35.9 Å². The Labute approximate surface area is 171 Å². The minimum absolute atomic E-state index is 0.127. The van der Waals surface area contributed by atoms with E-state index < -0.39 is 20.7 Å². The molecule has 0 spiro atoms. The maximum atomic E-state index is 14.3. The van der Waals surface area contributed by atoms with Crippen molar-refractivity contribution in [3.63, 3.8) is 0 Å². The van der Waals surface area contributed by atoms with Crippen molar-refractivity contribution in [2.24, 2.45) is 0 Å². The van der Waals surface area contributed by atoms with Gasteiger partial charge in [-0.2, -0.15) is 5.10 Å². The van der Waals surface area contributed by atoms with Gasteiger partial charge in [0.2, 0.25) is 0 Å². The zero-order valence-corrected chi connectivity index (χ0v) is 16.8. The fourth-order valence-electron chi connectivity index (χ4n) is 3.08. The Hall–Kier alpha value is -3.60. The average Bonchev–Trinajstić information content (AvgIpc) is 3.37. The van der Waals surface area contributed by atoms with Gasteiger partial charge < -0.3 is 14.0 Å². The number of nitrogens with one attached hydrogen (secondary N) is 1. The number of anilines is 1. The third-order valence-electron chi connectivity index (χ3n) is 4.37. The summed E-state index contributed by atoms with van der Waals surface area (Å²) in [7, 11) is -1.67. The number of methoxy groups -OCH3 is 2. The standard InChI is InChI=1S/C19H17FN4O5S/c1-27-14-6-3-5-13(20)18(14)30(25,26)23-19-17-15(28-2)9-12(10-16(17)29-22-19)11-24-8-4-7-21-24/h3-10H,11H2,1-2H3,(H,22,23). The highest BCUT2D eigenvalue weighted by atomic mass is 32.2. The minimum atomic E-state index is -4.37. The summed E-state index contributed by atoms with van der Waals surface area (Å²) in [4.78, 5) is -0.627. The molecule has 0 fully saturated rings. The quantitative estimate of drug-likeness (QED) is 0.478. The van der Waals surface area contributed by atoms with Gasteiger partial charge in [-0.15, -0.1) is 0 Å². The average molecular weight is 432 g/mol.